The van der Waals surface area contributed by atoms with Crippen LogP contribution in [0.4, 0.5) is 0 Å². The number of piperidine rings is 1. The molecule has 3 heterocycles. The van der Waals surface area contributed by atoms with Gasteiger partial charge in [-0.2, -0.15) is 5.10 Å². The van der Waals surface area contributed by atoms with Crippen molar-refractivity contribution in [3.8, 4) is 22.4 Å². The first-order valence-electron chi connectivity index (χ1n) is 10.2. The Balaban J connectivity index is 1.67. The minimum Gasteiger partial charge on any atom is -0.306 e. The van der Waals surface area contributed by atoms with Gasteiger partial charge in [0.2, 0.25) is 0 Å². The largest absolute Gasteiger partial charge is 0.306 e. The van der Waals surface area contributed by atoms with Crippen LogP contribution in [-0.2, 0) is 0 Å². The van der Waals surface area contributed by atoms with Gasteiger partial charge < -0.3 is 4.90 Å². The summed E-state index contributed by atoms with van der Waals surface area (Å²) in [5.74, 6) is 0.473. The molecular formula is C25H24N4. The molecule has 2 aromatic carbocycles. The maximum atomic E-state index is 4.79. The molecule has 144 valence electrons. The Morgan fingerprint density at radius 3 is 2.41 bits per heavy atom. The Morgan fingerprint density at radius 2 is 1.59 bits per heavy atom. The fourth-order valence-electron chi connectivity index (χ4n) is 4.29. The Labute approximate surface area is 171 Å². The Bertz CT molecular complexity index is 1130. The maximum Gasteiger partial charge on any atom is 0.101 e. The zero-order chi connectivity index (χ0) is 19.6. The van der Waals surface area contributed by atoms with Gasteiger partial charge in [0.1, 0.15) is 5.69 Å². The van der Waals surface area contributed by atoms with Crippen LogP contribution in [-0.4, -0.2) is 40.2 Å². The van der Waals surface area contributed by atoms with Gasteiger partial charge in [0.25, 0.3) is 0 Å². The van der Waals surface area contributed by atoms with E-state index < -0.39 is 0 Å². The van der Waals surface area contributed by atoms with Crippen molar-refractivity contribution in [1.82, 2.24) is 20.1 Å². The molecule has 2 aromatic heterocycles. The molecular weight excluding hydrogens is 356 g/mol. The number of fused-ring (bicyclic) bond motifs is 1. The van der Waals surface area contributed by atoms with Gasteiger partial charge in [-0.1, -0.05) is 42.5 Å². The molecule has 4 nitrogen and oxygen atoms in total. The van der Waals surface area contributed by atoms with Crippen LogP contribution in [0.1, 0.15) is 24.5 Å². The summed E-state index contributed by atoms with van der Waals surface area (Å²) < 4.78 is 0. The number of rotatable bonds is 3. The van der Waals surface area contributed by atoms with Crippen LogP contribution in [0.15, 0.2) is 73.1 Å². The summed E-state index contributed by atoms with van der Waals surface area (Å²) in [6.45, 7) is 2.23. The number of pyridine rings is 1. The molecule has 1 fully saturated rings. The summed E-state index contributed by atoms with van der Waals surface area (Å²) in [7, 11) is 2.19. The molecule has 0 amide bonds. The molecule has 0 spiro atoms. The Kier molecular flexibility index (Phi) is 4.78. The third kappa shape index (κ3) is 3.52. The fourth-order valence-corrected chi connectivity index (χ4v) is 4.29. The summed E-state index contributed by atoms with van der Waals surface area (Å²) in [5.41, 5.74) is 5.43. The maximum absolute atomic E-state index is 4.79. The van der Waals surface area contributed by atoms with Gasteiger partial charge in [0.05, 0.1) is 5.69 Å². The van der Waals surface area contributed by atoms with Crippen molar-refractivity contribution in [3.63, 3.8) is 0 Å². The second kappa shape index (κ2) is 7.72. The van der Waals surface area contributed by atoms with E-state index in [4.69, 9.17) is 10.2 Å². The minimum absolute atomic E-state index is 0.473. The van der Waals surface area contributed by atoms with E-state index in [1.165, 1.54) is 10.8 Å². The fraction of sp³-hybridized carbons (Fsp3) is 0.240. The van der Waals surface area contributed by atoms with E-state index in [1.807, 2.05) is 12.4 Å². The van der Waals surface area contributed by atoms with Crippen LogP contribution in [0.25, 0.3) is 33.2 Å². The monoisotopic (exact) mass is 380 g/mol. The molecule has 4 aromatic rings. The van der Waals surface area contributed by atoms with E-state index in [2.05, 4.69) is 77.6 Å². The number of benzene rings is 2. The summed E-state index contributed by atoms with van der Waals surface area (Å²) in [6, 6.07) is 21.2. The van der Waals surface area contributed by atoms with Crippen molar-refractivity contribution in [2.24, 2.45) is 0 Å². The zero-order valence-electron chi connectivity index (χ0n) is 16.6. The van der Waals surface area contributed by atoms with Crippen molar-refractivity contribution in [2.75, 3.05) is 20.1 Å². The molecule has 1 saturated heterocycles. The second-order valence-electron chi connectivity index (χ2n) is 7.87. The molecule has 1 aliphatic rings. The first kappa shape index (κ1) is 18.0. The lowest BCUT2D eigenvalue weighted by atomic mass is 9.90. The molecule has 0 unspecified atom stereocenters. The van der Waals surface area contributed by atoms with Crippen LogP contribution in [0, 0.1) is 0 Å². The lowest BCUT2D eigenvalue weighted by molar-refractivity contribution is 0.253. The number of nitrogens with zero attached hydrogens (tertiary/aromatic N) is 4. The first-order valence-corrected chi connectivity index (χ1v) is 10.2. The summed E-state index contributed by atoms with van der Waals surface area (Å²) in [5, 5.41) is 11.9. The average molecular weight is 380 g/mol. The highest BCUT2D eigenvalue weighted by Crippen LogP contribution is 2.36. The third-order valence-corrected chi connectivity index (χ3v) is 5.99. The van der Waals surface area contributed by atoms with Crippen LogP contribution in [0.5, 0.6) is 0 Å². The van der Waals surface area contributed by atoms with Crippen LogP contribution >= 0.6 is 0 Å². The summed E-state index contributed by atoms with van der Waals surface area (Å²) in [6.07, 6.45) is 5.96. The van der Waals surface area contributed by atoms with Crippen molar-refractivity contribution >= 4 is 10.8 Å². The predicted octanol–water partition coefficient (Wildman–Crippen LogP) is 5.17. The Morgan fingerprint density at radius 1 is 0.828 bits per heavy atom. The van der Waals surface area contributed by atoms with Gasteiger partial charge in [-0.3, -0.25) is 4.98 Å². The number of aromatic nitrogens is 3. The van der Waals surface area contributed by atoms with Crippen molar-refractivity contribution in [3.05, 3.63) is 78.8 Å². The van der Waals surface area contributed by atoms with Crippen LogP contribution in [0.2, 0.25) is 0 Å². The molecule has 0 N–H and O–H groups in total. The molecule has 4 heteroatoms. The lowest BCUT2D eigenvalue weighted by Gasteiger charge is -2.28. The predicted molar refractivity (Wildman–Crippen MR) is 118 cm³/mol. The minimum atomic E-state index is 0.473. The second-order valence-corrected chi connectivity index (χ2v) is 7.87. The van der Waals surface area contributed by atoms with E-state index in [0.717, 1.165) is 54.0 Å². The van der Waals surface area contributed by atoms with Crippen molar-refractivity contribution in [2.45, 2.75) is 18.8 Å². The zero-order valence-corrected chi connectivity index (χ0v) is 16.6. The van der Waals surface area contributed by atoms with Gasteiger partial charge >= 0.3 is 0 Å². The normalized spacial score (nSPS) is 15.6. The molecule has 5 rings (SSSR count). The van der Waals surface area contributed by atoms with E-state index in [-0.39, 0.29) is 0 Å². The van der Waals surface area contributed by atoms with Crippen LogP contribution < -0.4 is 0 Å². The molecule has 0 saturated carbocycles. The van der Waals surface area contributed by atoms with E-state index in [1.54, 1.807) is 0 Å². The molecule has 0 atom stereocenters. The van der Waals surface area contributed by atoms with E-state index >= 15 is 0 Å². The van der Waals surface area contributed by atoms with E-state index in [0.29, 0.717) is 5.92 Å². The van der Waals surface area contributed by atoms with Crippen LogP contribution in [0.3, 0.4) is 0 Å². The number of likely N-dealkylation sites (tertiary alicyclic amines) is 1. The summed E-state index contributed by atoms with van der Waals surface area (Å²) >= 11 is 0. The quantitative estimate of drug-likeness (QED) is 0.492. The standard InChI is InChI=1S/C25H24N4/c1-29-15-11-20(12-16-29)24-17-23(19-9-13-26-14-10-19)25(28-27-24)22-8-4-6-18-5-2-3-7-21(18)22/h2-10,13-14,17,20H,11-12,15-16H2,1H3. The third-order valence-electron chi connectivity index (χ3n) is 5.99. The van der Waals surface area contributed by atoms with Crippen molar-refractivity contribution in [1.29, 1.82) is 0 Å². The van der Waals surface area contributed by atoms with Gasteiger partial charge in [-0.25, -0.2) is 0 Å². The summed E-state index contributed by atoms with van der Waals surface area (Å²) in [4.78, 5) is 6.59. The SMILES string of the molecule is CN1CCC(c2cc(-c3ccncc3)c(-c3cccc4ccccc34)nn2)CC1. The molecule has 29 heavy (non-hydrogen) atoms. The highest BCUT2D eigenvalue weighted by Gasteiger charge is 2.22. The topological polar surface area (TPSA) is 41.9 Å². The molecule has 1 aliphatic heterocycles. The Hall–Kier alpha value is -3.11. The smallest absolute Gasteiger partial charge is 0.101 e. The molecule has 0 aliphatic carbocycles. The average Bonchev–Trinajstić information content (AvgIpc) is 2.79. The van der Waals surface area contributed by atoms with Gasteiger partial charge in [0.15, 0.2) is 0 Å². The first-order chi connectivity index (χ1) is 14.3. The van der Waals surface area contributed by atoms with Crippen molar-refractivity contribution < 1.29 is 0 Å². The molecule has 0 radical (unpaired) electrons. The van der Waals surface area contributed by atoms with E-state index in [9.17, 15) is 0 Å². The lowest BCUT2D eigenvalue weighted by Crippen LogP contribution is -2.29. The molecule has 0 bridgehead atoms. The van der Waals surface area contributed by atoms with Gasteiger partial charge in [-0.05, 0) is 67.5 Å². The number of hydrogen-bond acceptors (Lipinski definition) is 4. The highest BCUT2D eigenvalue weighted by molar-refractivity contribution is 5.99. The highest BCUT2D eigenvalue weighted by atomic mass is 15.1. The number of hydrogen-bond donors (Lipinski definition) is 0. The van der Waals surface area contributed by atoms with Gasteiger partial charge in [0, 0.05) is 29.4 Å². The van der Waals surface area contributed by atoms with Gasteiger partial charge in [-0.15, -0.1) is 5.10 Å².